The van der Waals surface area contributed by atoms with Crippen LogP contribution in [0.1, 0.15) is 21.9 Å². The minimum atomic E-state index is -0.760. The van der Waals surface area contributed by atoms with Gasteiger partial charge in [-0.25, -0.2) is 19.2 Å². The Hall–Kier alpha value is -4.04. The maximum Gasteiger partial charge on any atom is 0.337 e. The summed E-state index contributed by atoms with van der Waals surface area (Å²) in [6, 6.07) is 5.78. The Balaban J connectivity index is 1.39. The molecule has 0 saturated carbocycles. The van der Waals surface area contributed by atoms with E-state index in [1.54, 1.807) is 13.0 Å². The number of carbonyl (C=O) groups excluding carboxylic acids is 2. The van der Waals surface area contributed by atoms with Crippen LogP contribution in [-0.4, -0.2) is 81.7 Å². The summed E-state index contributed by atoms with van der Waals surface area (Å²) in [4.78, 5) is 34.0. The summed E-state index contributed by atoms with van der Waals surface area (Å²) in [5.74, 6) is -0.810. The number of aromatic nitrogens is 6. The number of methoxy groups -OCH3 is 2. The van der Waals surface area contributed by atoms with E-state index in [0.29, 0.717) is 17.1 Å². The van der Waals surface area contributed by atoms with E-state index in [0.717, 1.165) is 0 Å². The Morgan fingerprint density at radius 3 is 2.75 bits per heavy atom. The molecule has 4 rings (SSSR count). The van der Waals surface area contributed by atoms with Gasteiger partial charge in [0.05, 0.1) is 34.0 Å². The lowest BCUT2D eigenvalue weighted by Crippen LogP contribution is -2.42. The second-order valence-electron chi connectivity index (χ2n) is 7.81. The number of rotatable bonds is 8. The average Bonchev–Trinajstić information content (AvgIpc) is 3.36. The van der Waals surface area contributed by atoms with Crippen molar-refractivity contribution in [2.75, 3.05) is 27.4 Å². The number of aryl methyl sites for hydroxylation is 1. The van der Waals surface area contributed by atoms with Crippen LogP contribution in [0.5, 0.6) is 5.75 Å². The Morgan fingerprint density at radius 2 is 2.03 bits per heavy atom. The minimum Gasteiger partial charge on any atom is -0.494 e. The van der Waals surface area contributed by atoms with Crippen LogP contribution in [0.2, 0.25) is 0 Å². The molecule has 2 aromatic heterocycles. The molecule has 0 radical (unpaired) electrons. The third-order valence-electron chi connectivity index (χ3n) is 5.22. The molecular weight excluding hydrogens is 477 g/mol. The molecule has 0 aliphatic carbocycles. The monoisotopic (exact) mass is 501 g/mol. The summed E-state index contributed by atoms with van der Waals surface area (Å²) in [7, 11) is 2.65. The molecule has 14 heteroatoms. The zero-order chi connectivity index (χ0) is 25.7. The van der Waals surface area contributed by atoms with E-state index in [4.69, 9.17) is 14.2 Å². The van der Waals surface area contributed by atoms with E-state index >= 15 is 0 Å². The van der Waals surface area contributed by atoms with Crippen molar-refractivity contribution in [2.45, 2.75) is 32.2 Å². The molecule has 36 heavy (non-hydrogen) atoms. The molecule has 190 valence electrons. The number of benzene rings is 1. The standard InChI is InChI=1S/C22H24FN7O6/c1-12-25-16(7-17(26-12)21(31)24-8-13-4-5-15(23)18(6-13)33-2)20-27-29-30(28-20)9-14-10-36-19(11-35-14)22(32)34-3/h4-7,14,19H,8-11H2,1-3H3,(H,24,31). The maximum atomic E-state index is 13.6. The number of tetrazole rings is 1. The molecule has 0 spiro atoms. The molecule has 1 aromatic carbocycles. The molecule has 1 aliphatic heterocycles. The normalized spacial score (nSPS) is 17.4. The van der Waals surface area contributed by atoms with E-state index in [9.17, 15) is 14.0 Å². The van der Waals surface area contributed by atoms with Crippen molar-refractivity contribution in [3.63, 3.8) is 0 Å². The molecule has 1 N–H and O–H groups in total. The highest BCUT2D eigenvalue weighted by atomic mass is 19.1. The van der Waals surface area contributed by atoms with Crippen LogP contribution in [0.4, 0.5) is 4.39 Å². The predicted molar refractivity (Wildman–Crippen MR) is 119 cm³/mol. The molecular formula is C22H24FN7O6. The van der Waals surface area contributed by atoms with Crippen LogP contribution in [0.25, 0.3) is 11.5 Å². The first-order valence-corrected chi connectivity index (χ1v) is 10.9. The van der Waals surface area contributed by atoms with Crippen molar-refractivity contribution in [3.8, 4) is 17.3 Å². The zero-order valence-corrected chi connectivity index (χ0v) is 19.8. The second-order valence-corrected chi connectivity index (χ2v) is 7.81. The van der Waals surface area contributed by atoms with Gasteiger partial charge in [0.15, 0.2) is 17.7 Å². The fourth-order valence-electron chi connectivity index (χ4n) is 3.41. The Morgan fingerprint density at radius 1 is 1.19 bits per heavy atom. The van der Waals surface area contributed by atoms with Crippen LogP contribution >= 0.6 is 0 Å². The van der Waals surface area contributed by atoms with Gasteiger partial charge < -0.3 is 24.3 Å². The summed E-state index contributed by atoms with van der Waals surface area (Å²) in [6.45, 7) is 2.24. The van der Waals surface area contributed by atoms with Crippen LogP contribution in [0.15, 0.2) is 24.3 Å². The smallest absolute Gasteiger partial charge is 0.337 e. The van der Waals surface area contributed by atoms with Gasteiger partial charge in [-0.05, 0) is 35.9 Å². The fraction of sp³-hybridized carbons (Fsp3) is 0.409. The third kappa shape index (κ3) is 5.95. The number of halogens is 1. The number of nitrogens with zero attached hydrogens (tertiary/aromatic N) is 6. The molecule has 3 heterocycles. The molecule has 1 amide bonds. The summed E-state index contributed by atoms with van der Waals surface area (Å²) < 4.78 is 34.3. The first-order valence-electron chi connectivity index (χ1n) is 10.9. The Kier molecular flexibility index (Phi) is 7.75. The lowest BCUT2D eigenvalue weighted by molar-refractivity contribution is -0.180. The predicted octanol–water partition coefficient (Wildman–Crippen LogP) is 0.473. The van der Waals surface area contributed by atoms with Crippen molar-refractivity contribution in [3.05, 3.63) is 47.2 Å². The molecule has 13 nitrogen and oxygen atoms in total. The number of amides is 1. The number of hydrogen-bond donors (Lipinski definition) is 1. The first kappa shape index (κ1) is 25.1. The van der Waals surface area contributed by atoms with E-state index < -0.39 is 23.8 Å². The number of hydrogen-bond acceptors (Lipinski definition) is 11. The van der Waals surface area contributed by atoms with E-state index in [1.807, 2.05) is 0 Å². The van der Waals surface area contributed by atoms with Crippen LogP contribution < -0.4 is 10.1 Å². The molecule has 2 unspecified atom stereocenters. The van der Waals surface area contributed by atoms with Crippen molar-refractivity contribution in [1.82, 2.24) is 35.5 Å². The highest BCUT2D eigenvalue weighted by Crippen LogP contribution is 2.18. The highest BCUT2D eigenvalue weighted by Gasteiger charge is 2.29. The third-order valence-corrected chi connectivity index (χ3v) is 5.22. The number of carbonyl (C=O) groups is 2. The van der Waals surface area contributed by atoms with Crippen molar-refractivity contribution in [2.24, 2.45) is 0 Å². The molecule has 1 aliphatic rings. The van der Waals surface area contributed by atoms with Gasteiger partial charge in [0.1, 0.15) is 23.3 Å². The van der Waals surface area contributed by atoms with E-state index in [1.165, 1.54) is 37.2 Å². The van der Waals surface area contributed by atoms with Gasteiger partial charge in [-0.2, -0.15) is 4.80 Å². The lowest BCUT2D eigenvalue weighted by atomic mass is 10.2. The van der Waals surface area contributed by atoms with Gasteiger partial charge in [-0.3, -0.25) is 4.79 Å². The summed E-state index contributed by atoms with van der Waals surface area (Å²) >= 11 is 0. The molecule has 1 fully saturated rings. The Labute approximate surface area is 204 Å². The Bertz CT molecular complexity index is 1250. The highest BCUT2D eigenvalue weighted by molar-refractivity contribution is 5.93. The average molecular weight is 501 g/mol. The number of esters is 1. The first-order chi connectivity index (χ1) is 17.4. The van der Waals surface area contributed by atoms with Crippen LogP contribution in [-0.2, 0) is 32.1 Å². The van der Waals surface area contributed by atoms with Crippen molar-refractivity contribution < 1.29 is 32.9 Å². The van der Waals surface area contributed by atoms with E-state index in [2.05, 4.69) is 35.4 Å². The van der Waals surface area contributed by atoms with Crippen LogP contribution in [0.3, 0.4) is 0 Å². The van der Waals surface area contributed by atoms with Gasteiger partial charge in [-0.15, -0.1) is 10.2 Å². The second kappa shape index (κ2) is 11.1. The molecule has 2 atom stereocenters. The SMILES string of the molecule is COC(=O)C1COC(Cn2nnc(-c3cc(C(=O)NCc4ccc(F)c(OC)c4)nc(C)n3)n2)CO1. The van der Waals surface area contributed by atoms with Gasteiger partial charge in [-0.1, -0.05) is 6.07 Å². The van der Waals surface area contributed by atoms with Crippen molar-refractivity contribution >= 4 is 11.9 Å². The van der Waals surface area contributed by atoms with E-state index in [-0.39, 0.29) is 49.7 Å². The topological polar surface area (TPSA) is 152 Å². The summed E-state index contributed by atoms with van der Waals surface area (Å²) in [5, 5.41) is 15.1. The fourth-order valence-corrected chi connectivity index (χ4v) is 3.41. The van der Waals surface area contributed by atoms with Gasteiger partial charge in [0.25, 0.3) is 5.91 Å². The largest absolute Gasteiger partial charge is 0.494 e. The quantitative estimate of drug-likeness (QED) is 0.429. The molecule has 1 saturated heterocycles. The van der Waals surface area contributed by atoms with Gasteiger partial charge in [0, 0.05) is 6.54 Å². The number of ether oxygens (including phenoxy) is 4. The maximum absolute atomic E-state index is 13.6. The van der Waals surface area contributed by atoms with Crippen LogP contribution in [0, 0.1) is 12.7 Å². The van der Waals surface area contributed by atoms with Crippen molar-refractivity contribution in [1.29, 1.82) is 0 Å². The number of nitrogens with one attached hydrogen (secondary N) is 1. The zero-order valence-electron chi connectivity index (χ0n) is 19.8. The minimum absolute atomic E-state index is 0.0627. The lowest BCUT2D eigenvalue weighted by Gasteiger charge is -2.27. The molecule has 3 aromatic rings. The summed E-state index contributed by atoms with van der Waals surface area (Å²) in [5.41, 5.74) is 1.08. The van der Waals surface area contributed by atoms with Gasteiger partial charge >= 0.3 is 5.97 Å². The molecule has 0 bridgehead atoms. The van der Waals surface area contributed by atoms with Gasteiger partial charge in [0.2, 0.25) is 5.82 Å². The summed E-state index contributed by atoms with van der Waals surface area (Å²) in [6.07, 6.45) is -1.14.